The largest absolute Gasteiger partial charge is 0.778 e. The lowest BCUT2D eigenvalue weighted by Crippen LogP contribution is -2.45. The monoisotopic (exact) mass is 1140 g/mol. The second-order valence-corrected chi connectivity index (χ2v) is 22.7. The third-order valence-electron chi connectivity index (χ3n) is 10.4. The lowest BCUT2D eigenvalue weighted by atomic mass is 9.93. The van der Waals surface area contributed by atoms with Crippen LogP contribution in [0.4, 0.5) is 15.8 Å². The highest BCUT2D eigenvalue weighted by atomic mass is 35.5. The number of terminal acetylenes is 1. The topological polar surface area (TPSA) is 229 Å². The molecule has 3 unspecified atom stereocenters. The van der Waals surface area contributed by atoms with Gasteiger partial charge in [0.2, 0.25) is 5.91 Å². The number of carboxylic acid groups (broad SMARTS) is 1. The fourth-order valence-electron chi connectivity index (χ4n) is 7.22. The summed E-state index contributed by atoms with van der Waals surface area (Å²) in [6.07, 6.45) is 16.4. The molecule has 1 saturated heterocycles. The van der Waals surface area contributed by atoms with Crippen LogP contribution in [0.3, 0.4) is 0 Å². The fourth-order valence-corrected chi connectivity index (χ4v) is 8.19. The number of aliphatic carboxylic acids is 1. The van der Waals surface area contributed by atoms with Gasteiger partial charge in [0.25, 0.3) is 17.7 Å². The molecule has 1 aromatic heterocycles. The molecule has 2 aliphatic heterocycles. The Labute approximate surface area is 449 Å². The predicted molar refractivity (Wildman–Crippen MR) is 283 cm³/mol. The van der Waals surface area contributed by atoms with Crippen LogP contribution in [0.1, 0.15) is 83.3 Å². The summed E-state index contributed by atoms with van der Waals surface area (Å²) in [6.45, 7) is 9.51. The maximum Gasteiger partial charge on any atom is 0.317 e. The molecule has 0 saturated carbocycles. The summed E-state index contributed by atoms with van der Waals surface area (Å²) in [4.78, 5) is 79.6. The van der Waals surface area contributed by atoms with Crippen molar-refractivity contribution >= 4 is 106 Å². The Hall–Kier alpha value is -4.16. The van der Waals surface area contributed by atoms with Gasteiger partial charge in [0, 0.05) is 24.3 Å². The summed E-state index contributed by atoms with van der Waals surface area (Å²) in [6, 6.07) is 12.0. The first-order valence-electron chi connectivity index (χ1n) is 22.6. The van der Waals surface area contributed by atoms with Gasteiger partial charge in [-0.3, -0.25) is 34.2 Å². The summed E-state index contributed by atoms with van der Waals surface area (Å²) < 4.78 is 45.9. The van der Waals surface area contributed by atoms with Crippen molar-refractivity contribution in [3.05, 3.63) is 87.6 Å². The third kappa shape index (κ3) is 20.1. The molecule has 3 N–H and O–H groups in total. The molecular formula is C49H64Cl4FN4O13PS. The number of ether oxygens (including phenoxy) is 3. The van der Waals surface area contributed by atoms with E-state index in [1.807, 2.05) is 29.6 Å². The number of carbonyl (C=O) groups excluding carboxylic acids is 4. The average molecular weight is 1140 g/mol. The lowest BCUT2D eigenvalue weighted by molar-refractivity contribution is -0.193. The smallest absolute Gasteiger partial charge is 0.317 e. The molecular weight excluding hydrogens is 1080 g/mol. The summed E-state index contributed by atoms with van der Waals surface area (Å²) in [5.41, 5.74) is 3.31. The van der Waals surface area contributed by atoms with Crippen molar-refractivity contribution in [2.24, 2.45) is 0 Å². The number of para-hydroxylation sites is 1. The molecule has 6 rings (SSSR count). The molecule has 1 aliphatic carbocycles. The maximum atomic E-state index is 14.4. The van der Waals surface area contributed by atoms with Crippen molar-refractivity contribution in [2.45, 2.75) is 95.9 Å². The number of benzene rings is 2. The van der Waals surface area contributed by atoms with Gasteiger partial charge >= 0.3 is 5.97 Å². The minimum absolute atomic E-state index is 0.0233. The molecule has 1 fully saturated rings. The van der Waals surface area contributed by atoms with Crippen molar-refractivity contribution in [1.82, 2.24) is 10.2 Å². The number of aryl methyl sites for hydroxylation is 2. The van der Waals surface area contributed by atoms with Crippen LogP contribution in [-0.4, -0.2) is 119 Å². The highest BCUT2D eigenvalue weighted by Gasteiger charge is 2.45. The summed E-state index contributed by atoms with van der Waals surface area (Å²) in [5.74, 6) is -0.198. The number of carbonyl (C=O) groups is 5. The number of nitrogens with one attached hydrogen (secondary N) is 1. The van der Waals surface area contributed by atoms with Gasteiger partial charge in [0.1, 0.15) is 49.4 Å². The second-order valence-electron chi connectivity index (χ2n) is 16.9. The first-order valence-corrected chi connectivity index (χ1v) is 28.6. The van der Waals surface area contributed by atoms with Crippen molar-refractivity contribution in [2.75, 3.05) is 67.7 Å². The molecule has 0 spiro atoms. The second kappa shape index (κ2) is 31.0. The Morgan fingerprint density at radius 1 is 1.07 bits per heavy atom. The van der Waals surface area contributed by atoms with Crippen LogP contribution in [-0.2, 0) is 61.7 Å². The first-order chi connectivity index (χ1) is 34.2. The minimum Gasteiger partial charge on any atom is -0.778 e. The van der Waals surface area contributed by atoms with Gasteiger partial charge < -0.3 is 43.0 Å². The van der Waals surface area contributed by atoms with Crippen LogP contribution in [0.25, 0.3) is 0 Å². The number of anilines is 2. The summed E-state index contributed by atoms with van der Waals surface area (Å²) >= 11 is 22.9. The van der Waals surface area contributed by atoms with Crippen LogP contribution in [0.2, 0.25) is 5.02 Å². The molecule has 4 amide bonds. The lowest BCUT2D eigenvalue weighted by Gasteiger charge is -2.29. The van der Waals surface area contributed by atoms with E-state index in [0.29, 0.717) is 47.2 Å². The number of amides is 4. The van der Waals surface area contributed by atoms with Gasteiger partial charge in [0.05, 0.1) is 60.8 Å². The number of hydrogen-bond acceptors (Lipinski definition) is 12. The van der Waals surface area contributed by atoms with Crippen LogP contribution >= 0.6 is 54.0 Å². The molecule has 3 aromatic rings. The fraction of sp³-hybridized carbons (Fsp3) is 0.490. The van der Waals surface area contributed by atoms with Crippen LogP contribution in [0.5, 0.6) is 5.75 Å². The summed E-state index contributed by atoms with van der Waals surface area (Å²) in [7, 11) is -2.13. The molecule has 2 aromatic carbocycles. The minimum atomic E-state index is -4.35. The molecule has 0 radical (unpaired) electrons. The molecule has 24 heteroatoms. The van der Waals surface area contributed by atoms with Gasteiger partial charge in [-0.05, 0) is 99.5 Å². The van der Waals surface area contributed by atoms with Gasteiger partial charge in [-0.25, -0.2) is 9.29 Å². The number of halogens is 5. The van der Waals surface area contributed by atoms with E-state index in [0.717, 1.165) is 53.5 Å². The number of carboxylic acids is 1. The molecule has 404 valence electrons. The van der Waals surface area contributed by atoms with E-state index in [2.05, 4.69) is 38.5 Å². The normalized spacial score (nSPS) is 16.8. The Balaban J connectivity index is 0.000000337. The van der Waals surface area contributed by atoms with Crippen LogP contribution < -0.4 is 24.7 Å². The molecule has 17 nitrogen and oxygen atoms in total. The molecule has 3 aliphatic rings. The Morgan fingerprint density at radius 2 is 1.63 bits per heavy atom. The molecule has 3 atom stereocenters. The van der Waals surface area contributed by atoms with E-state index in [9.17, 15) is 37.8 Å². The van der Waals surface area contributed by atoms with E-state index < -0.39 is 60.7 Å². The Kier molecular flexibility index (Phi) is 27.6. The maximum absolute atomic E-state index is 14.4. The van der Waals surface area contributed by atoms with E-state index in [-0.39, 0.29) is 47.0 Å². The number of furan rings is 1. The van der Waals surface area contributed by atoms with Crippen molar-refractivity contribution in [1.29, 1.82) is 0 Å². The number of methoxy groups -OCH3 is 1. The number of imide groups is 1. The van der Waals surface area contributed by atoms with Crippen LogP contribution in [0, 0.1) is 18.2 Å². The van der Waals surface area contributed by atoms with Crippen molar-refractivity contribution < 1.29 is 66.4 Å². The van der Waals surface area contributed by atoms with E-state index in [4.69, 9.17) is 81.5 Å². The van der Waals surface area contributed by atoms with Gasteiger partial charge in [-0.15, -0.1) is 18.0 Å². The van der Waals surface area contributed by atoms with Gasteiger partial charge in [-0.1, -0.05) is 72.8 Å². The van der Waals surface area contributed by atoms with Gasteiger partial charge in [-0.2, -0.15) is 0 Å². The zero-order valence-electron chi connectivity index (χ0n) is 42.2. The SMILES string of the molecule is C#CC(C)Oc1cc(N2C(=O)C3=C(CCCC3)C2=O)c(F)cc1Cl.CC1(C)OC(c2ccco2)CN1C(=O)C(Cl)Cl.CCc1cccc(CC)c1N(COC)C(=O)CCl.C[S+](C)C.O=C(O)CNCP(=O)([O-])O. The van der Waals surface area contributed by atoms with Crippen molar-refractivity contribution in [3.63, 3.8) is 0 Å². The zero-order valence-corrected chi connectivity index (χ0v) is 46.9. The number of hydrogen-bond donors (Lipinski definition) is 3. The zero-order chi connectivity index (χ0) is 55.4. The molecule has 0 bridgehead atoms. The first kappa shape index (κ1) is 65.0. The number of nitrogens with zero attached hydrogens (tertiary/aromatic N) is 3. The van der Waals surface area contributed by atoms with Gasteiger partial charge in [0.15, 0.2) is 10.9 Å². The standard InChI is InChI=1S/C18H15ClFNO3.C14H20ClNO2.C11H13Cl2NO3.C3H8NO5P.C3H9S/c1-3-10(2)24-16-9-15(14(20)8-13(16)19)21-17(22)11-6-4-5-7-12(11)18(21)23;1-4-11-7-6-8-12(5-2)14(11)16(10-18-3)13(17)9-15;1-11(2)14(10(15)9(12)13)6-8(17-11)7-4-3-5-16-7;5-3(6)1-4-2-10(7,8)9;1-4(2)3/h1,8-10H,4-7H2,2H3;6-8H,4-5,9-10H2,1-3H3;3-5,8-9H,6H2,1-2H3;4H,1-2H2,(H,5,6)(H2,7,8,9);1-3H3/q;;;;+1/p-1. The van der Waals surface area contributed by atoms with Crippen LogP contribution in [0.15, 0.2) is 64.3 Å². The van der Waals surface area contributed by atoms with E-state index in [1.165, 1.54) is 11.0 Å². The highest BCUT2D eigenvalue weighted by molar-refractivity contribution is 7.94. The quantitative estimate of drug-likeness (QED) is 0.0327. The average Bonchev–Trinajstić information content (AvgIpc) is 4.04. The number of alkyl halides is 3. The van der Waals surface area contributed by atoms with E-state index >= 15 is 0 Å². The third-order valence-corrected chi connectivity index (χ3v) is 11.9. The highest BCUT2D eigenvalue weighted by Crippen LogP contribution is 2.40. The number of rotatable bonds is 15. The predicted octanol–water partition coefficient (Wildman–Crippen LogP) is 7.99. The summed E-state index contributed by atoms with van der Waals surface area (Å²) in [5, 5.41) is 10.00. The van der Waals surface area contributed by atoms with E-state index in [1.54, 1.807) is 45.1 Å². The van der Waals surface area contributed by atoms with Crippen molar-refractivity contribution in [3.8, 4) is 18.1 Å². The molecule has 73 heavy (non-hydrogen) atoms. The molecule has 3 heterocycles. The Morgan fingerprint density at radius 3 is 2.07 bits per heavy atom. The Bertz CT molecular complexity index is 2420.